The topological polar surface area (TPSA) is 82.0 Å². The van der Waals surface area contributed by atoms with E-state index in [1.165, 1.54) is 0 Å². The highest BCUT2D eigenvalue weighted by Crippen LogP contribution is 2.36. The lowest BCUT2D eigenvalue weighted by Crippen LogP contribution is -2.09. The lowest BCUT2D eigenvalue weighted by Gasteiger charge is -2.12. The fourth-order valence-corrected chi connectivity index (χ4v) is 2.86. The van der Waals surface area contributed by atoms with Crippen LogP contribution < -0.4 is 14.8 Å². The molecule has 2 heterocycles. The van der Waals surface area contributed by atoms with E-state index in [2.05, 4.69) is 25.5 Å². The molecular weight excluding hydrogens is 326 g/mol. The first-order chi connectivity index (χ1) is 11.8. The summed E-state index contributed by atoms with van der Waals surface area (Å²) in [7, 11) is 3.22. The number of methoxy groups -OCH3 is 2. The number of benzene rings is 1. The van der Waals surface area contributed by atoms with Gasteiger partial charge < -0.3 is 14.8 Å². The molecule has 0 amide bonds. The molecule has 0 aliphatic heterocycles. The molecule has 1 aromatic carbocycles. The Morgan fingerprint density at radius 3 is 2.62 bits per heavy atom. The van der Waals surface area contributed by atoms with Crippen LogP contribution in [0.3, 0.4) is 0 Å². The van der Waals surface area contributed by atoms with Gasteiger partial charge in [0.2, 0.25) is 5.95 Å². The summed E-state index contributed by atoms with van der Waals surface area (Å²) in [6.45, 7) is 0.678. The maximum absolute atomic E-state index is 5.42. The van der Waals surface area contributed by atoms with Gasteiger partial charge in [0.25, 0.3) is 0 Å². The highest BCUT2D eigenvalue weighted by molar-refractivity contribution is 7.07. The molecule has 1 N–H and O–H groups in total. The van der Waals surface area contributed by atoms with Gasteiger partial charge >= 0.3 is 0 Å². The van der Waals surface area contributed by atoms with Crippen molar-refractivity contribution in [3.05, 3.63) is 41.0 Å². The summed E-state index contributed by atoms with van der Waals surface area (Å²) >= 11 is 1.58. The predicted octanol–water partition coefficient (Wildman–Crippen LogP) is 2.67. The maximum Gasteiger partial charge on any atom is 0.243 e. The van der Waals surface area contributed by atoms with E-state index in [1.54, 1.807) is 31.8 Å². The van der Waals surface area contributed by atoms with Crippen molar-refractivity contribution in [3.8, 4) is 22.8 Å². The second-order valence-corrected chi connectivity index (χ2v) is 5.58. The summed E-state index contributed by atoms with van der Waals surface area (Å²) in [5, 5.41) is 13.2. The molecule has 0 bridgehead atoms. The molecule has 0 radical (unpaired) electrons. The standard InChI is InChI=1S/C16H17N5O2S/c1-22-13-4-3-5-14(23-2)15(13)12-8-19-21-16(20-12)17-7-6-11-9-24-10-18-11/h3-5,8-10H,6-7H2,1-2H3,(H,17,20,21). The Hall–Kier alpha value is -2.74. The Morgan fingerprint density at radius 1 is 1.17 bits per heavy atom. The molecule has 24 heavy (non-hydrogen) atoms. The minimum atomic E-state index is 0.454. The average molecular weight is 343 g/mol. The molecule has 3 aromatic rings. The predicted molar refractivity (Wildman–Crippen MR) is 92.7 cm³/mol. The summed E-state index contributed by atoms with van der Waals surface area (Å²) in [5.41, 5.74) is 4.25. The van der Waals surface area contributed by atoms with Gasteiger partial charge in [-0.05, 0) is 12.1 Å². The van der Waals surface area contributed by atoms with E-state index < -0.39 is 0 Å². The van der Waals surface area contributed by atoms with Gasteiger partial charge in [0.1, 0.15) is 17.2 Å². The number of nitrogens with zero attached hydrogens (tertiary/aromatic N) is 4. The first kappa shape index (κ1) is 16.1. The van der Waals surface area contributed by atoms with Crippen LogP contribution in [-0.2, 0) is 6.42 Å². The van der Waals surface area contributed by atoms with E-state index in [9.17, 15) is 0 Å². The summed E-state index contributed by atoms with van der Waals surface area (Å²) in [6, 6.07) is 5.58. The van der Waals surface area contributed by atoms with Crippen LogP contribution in [0.25, 0.3) is 11.3 Å². The Kier molecular flexibility index (Phi) is 5.17. The molecule has 3 rings (SSSR count). The first-order valence-corrected chi connectivity index (χ1v) is 8.28. The van der Waals surface area contributed by atoms with Crippen LogP contribution in [0.2, 0.25) is 0 Å². The molecule has 0 unspecified atom stereocenters. The number of hydrogen-bond acceptors (Lipinski definition) is 8. The van der Waals surface area contributed by atoms with E-state index >= 15 is 0 Å². The Balaban J connectivity index is 1.80. The van der Waals surface area contributed by atoms with E-state index in [0.717, 1.165) is 17.7 Å². The second kappa shape index (κ2) is 7.69. The van der Waals surface area contributed by atoms with Crippen LogP contribution in [0.5, 0.6) is 11.5 Å². The number of nitrogens with one attached hydrogen (secondary N) is 1. The monoisotopic (exact) mass is 343 g/mol. The Labute approximate surface area is 143 Å². The van der Waals surface area contributed by atoms with E-state index in [4.69, 9.17) is 9.47 Å². The lowest BCUT2D eigenvalue weighted by molar-refractivity contribution is 0.397. The molecule has 124 valence electrons. The van der Waals surface area contributed by atoms with Gasteiger partial charge in [-0.25, -0.2) is 9.97 Å². The van der Waals surface area contributed by atoms with Crippen molar-refractivity contribution < 1.29 is 9.47 Å². The number of thiazole rings is 1. The number of aromatic nitrogens is 4. The van der Waals surface area contributed by atoms with Crippen LogP contribution in [0.4, 0.5) is 5.95 Å². The number of ether oxygens (including phenoxy) is 2. The van der Waals surface area contributed by atoms with Gasteiger partial charge in [-0.1, -0.05) is 6.07 Å². The molecule has 0 saturated heterocycles. The van der Waals surface area contributed by atoms with Crippen molar-refractivity contribution in [3.63, 3.8) is 0 Å². The average Bonchev–Trinajstić information content (AvgIpc) is 3.14. The van der Waals surface area contributed by atoms with Crippen molar-refractivity contribution in [2.24, 2.45) is 0 Å². The summed E-state index contributed by atoms with van der Waals surface area (Å²) in [6.07, 6.45) is 2.39. The largest absolute Gasteiger partial charge is 0.496 e. The zero-order valence-electron chi connectivity index (χ0n) is 13.4. The molecule has 0 aliphatic carbocycles. The molecule has 0 saturated carbocycles. The van der Waals surface area contributed by atoms with Crippen molar-refractivity contribution in [1.82, 2.24) is 20.2 Å². The van der Waals surface area contributed by atoms with E-state index in [-0.39, 0.29) is 0 Å². The molecular formula is C16H17N5O2S. The molecule has 0 spiro atoms. The van der Waals surface area contributed by atoms with E-state index in [0.29, 0.717) is 29.7 Å². The summed E-state index contributed by atoms with van der Waals surface area (Å²) in [5.74, 6) is 1.79. The Morgan fingerprint density at radius 2 is 1.96 bits per heavy atom. The van der Waals surface area contributed by atoms with Crippen molar-refractivity contribution >= 4 is 17.3 Å². The van der Waals surface area contributed by atoms with Crippen molar-refractivity contribution in [2.45, 2.75) is 6.42 Å². The fraction of sp³-hybridized carbons (Fsp3) is 0.250. The molecule has 2 aromatic heterocycles. The third-order valence-electron chi connectivity index (χ3n) is 3.39. The maximum atomic E-state index is 5.42. The van der Waals surface area contributed by atoms with Crippen LogP contribution in [0.15, 0.2) is 35.3 Å². The highest BCUT2D eigenvalue weighted by atomic mass is 32.1. The summed E-state index contributed by atoms with van der Waals surface area (Å²) < 4.78 is 10.8. The molecule has 0 atom stereocenters. The van der Waals surface area contributed by atoms with Crippen molar-refractivity contribution in [1.29, 1.82) is 0 Å². The Bertz CT molecular complexity index is 773. The molecule has 7 nitrogen and oxygen atoms in total. The third-order valence-corrected chi connectivity index (χ3v) is 4.03. The van der Waals surface area contributed by atoms with Crippen LogP contribution in [0.1, 0.15) is 5.69 Å². The minimum absolute atomic E-state index is 0.454. The lowest BCUT2D eigenvalue weighted by atomic mass is 10.1. The van der Waals surface area contributed by atoms with Gasteiger partial charge in [-0.2, -0.15) is 5.10 Å². The number of hydrogen-bond donors (Lipinski definition) is 1. The fourth-order valence-electron chi connectivity index (χ4n) is 2.27. The molecule has 8 heteroatoms. The quantitative estimate of drug-likeness (QED) is 0.706. The van der Waals surface area contributed by atoms with Crippen LogP contribution in [0, 0.1) is 0 Å². The molecule has 0 aliphatic rings. The smallest absolute Gasteiger partial charge is 0.243 e. The first-order valence-electron chi connectivity index (χ1n) is 7.34. The van der Waals surface area contributed by atoms with Crippen LogP contribution >= 0.6 is 11.3 Å². The SMILES string of the molecule is COc1cccc(OC)c1-c1cnnc(NCCc2cscn2)n1. The van der Waals surface area contributed by atoms with Gasteiger partial charge in [0.15, 0.2) is 0 Å². The highest BCUT2D eigenvalue weighted by Gasteiger charge is 2.15. The second-order valence-electron chi connectivity index (χ2n) is 4.86. The van der Waals surface area contributed by atoms with Crippen LogP contribution in [-0.4, -0.2) is 40.9 Å². The zero-order chi connectivity index (χ0) is 16.8. The number of rotatable bonds is 7. The van der Waals surface area contributed by atoms with E-state index in [1.807, 2.05) is 29.1 Å². The molecule has 0 fully saturated rings. The van der Waals surface area contributed by atoms with Crippen molar-refractivity contribution in [2.75, 3.05) is 26.1 Å². The minimum Gasteiger partial charge on any atom is -0.496 e. The normalized spacial score (nSPS) is 10.4. The van der Waals surface area contributed by atoms with Gasteiger partial charge in [-0.15, -0.1) is 16.4 Å². The zero-order valence-corrected chi connectivity index (χ0v) is 14.2. The number of anilines is 1. The third kappa shape index (κ3) is 3.60. The van der Waals surface area contributed by atoms with Gasteiger partial charge in [-0.3, -0.25) is 0 Å². The van der Waals surface area contributed by atoms with Gasteiger partial charge in [0.05, 0.1) is 37.2 Å². The van der Waals surface area contributed by atoms with Gasteiger partial charge in [0, 0.05) is 18.3 Å². The summed E-state index contributed by atoms with van der Waals surface area (Å²) in [4.78, 5) is 8.76.